The predicted octanol–water partition coefficient (Wildman–Crippen LogP) is 4.83. The van der Waals surface area contributed by atoms with Gasteiger partial charge in [0, 0.05) is 30.5 Å². The number of nitrogens with one attached hydrogen (secondary N) is 2. The van der Waals surface area contributed by atoms with E-state index in [1.165, 1.54) is 4.90 Å². The number of carbonyl (C=O) groups excluding carboxylic acids is 5. The van der Waals surface area contributed by atoms with Gasteiger partial charge in [0.05, 0.1) is 13.5 Å². The molecule has 0 aromatic heterocycles. The third kappa shape index (κ3) is 6.66. The molecule has 2 aliphatic heterocycles. The highest BCUT2D eigenvalue weighted by atomic mass is 16.6. The molecule has 13 heteroatoms. The standard InChI is InChI=1S/C46H66N4O9/c1-9-31-28(6)46(31)42(16-17-42)25-35(51)58-36(27(4)5)37(52)47-33(23-26(2)3)38(53)50-22-10-11-34(50)39(54)49(7)45(24-32(45)29-12-14-30(57-8)15-13-29)41(56)59-44(20-21-44)43(18-19-43)40(55)48-46/h12-15,26-28,31-34,36,40,48,55H,9-11,16-25H2,1-8H3,(H,47,52)/t28?,31-,32?,33+,34+,36+,40?,45?,46?/m1/s1. The van der Waals surface area contributed by atoms with Crippen molar-refractivity contribution in [3.8, 4) is 5.75 Å². The van der Waals surface area contributed by atoms with Gasteiger partial charge in [-0.05, 0) is 111 Å². The Morgan fingerprint density at radius 2 is 1.64 bits per heavy atom. The molecule has 0 bridgehead atoms. The monoisotopic (exact) mass is 818 g/mol. The number of rotatable bonds is 6. The van der Waals surface area contributed by atoms with E-state index < -0.39 is 69.8 Å². The van der Waals surface area contributed by atoms with Crippen molar-refractivity contribution < 1.29 is 43.3 Å². The van der Waals surface area contributed by atoms with Crippen molar-refractivity contribution >= 4 is 29.7 Å². The first kappa shape index (κ1) is 42.0. The van der Waals surface area contributed by atoms with Crippen LogP contribution in [0.3, 0.4) is 0 Å². The number of amides is 3. The van der Waals surface area contributed by atoms with Gasteiger partial charge in [-0.15, -0.1) is 0 Å². The largest absolute Gasteiger partial charge is 0.497 e. The van der Waals surface area contributed by atoms with Crippen molar-refractivity contribution in [2.75, 3.05) is 20.7 Å². The number of methoxy groups -OCH3 is 1. The molecule has 2 heterocycles. The Morgan fingerprint density at radius 3 is 2.19 bits per heavy atom. The average Bonchev–Trinajstić information content (AvgIpc) is 3.96. The molecule has 7 fully saturated rings. The van der Waals surface area contributed by atoms with E-state index in [0.717, 1.165) is 24.8 Å². The Morgan fingerprint density at radius 1 is 0.966 bits per heavy atom. The molecule has 13 nitrogen and oxygen atoms in total. The third-order valence-corrected chi connectivity index (χ3v) is 16.0. The lowest BCUT2D eigenvalue weighted by Crippen LogP contribution is -2.58. The maximum Gasteiger partial charge on any atom is 0.333 e. The highest BCUT2D eigenvalue weighted by Gasteiger charge is 2.79. The summed E-state index contributed by atoms with van der Waals surface area (Å²) < 4.78 is 18.2. The fourth-order valence-corrected chi connectivity index (χ4v) is 12.1. The molecule has 1 aromatic rings. The number of carbonyl (C=O) groups is 5. The van der Waals surface area contributed by atoms with Crippen molar-refractivity contribution in [3.05, 3.63) is 29.8 Å². The van der Waals surface area contributed by atoms with Crippen molar-refractivity contribution in [1.82, 2.24) is 20.4 Å². The molecule has 5 aliphatic carbocycles. The number of hydrogen-bond donors (Lipinski definition) is 3. The second kappa shape index (κ2) is 14.7. The zero-order valence-corrected chi connectivity index (χ0v) is 36.3. The fourth-order valence-electron chi connectivity index (χ4n) is 12.1. The smallest absolute Gasteiger partial charge is 0.333 e. The number of likely N-dealkylation sites (N-methyl/N-ethyl adjacent to an activating group) is 1. The lowest BCUT2D eigenvalue weighted by atomic mass is 9.84. The van der Waals surface area contributed by atoms with Crippen LogP contribution in [0, 0.1) is 34.5 Å². The minimum absolute atomic E-state index is 0.0262. The van der Waals surface area contributed by atoms with E-state index in [-0.39, 0.29) is 47.8 Å². The van der Waals surface area contributed by atoms with E-state index in [0.29, 0.717) is 63.7 Å². The van der Waals surface area contributed by atoms with Gasteiger partial charge in [0.15, 0.2) is 6.10 Å². The van der Waals surface area contributed by atoms with Crippen LogP contribution in [0.25, 0.3) is 0 Å². The molecule has 324 valence electrons. The van der Waals surface area contributed by atoms with E-state index in [1.807, 2.05) is 52.0 Å². The highest BCUT2D eigenvalue weighted by molar-refractivity contribution is 5.97. The second-order valence-electron chi connectivity index (χ2n) is 20.1. The average molecular weight is 819 g/mol. The van der Waals surface area contributed by atoms with Crippen molar-refractivity contribution in [1.29, 1.82) is 0 Å². The molecule has 2 saturated heterocycles. The summed E-state index contributed by atoms with van der Waals surface area (Å²) in [6, 6.07) is 5.74. The fraction of sp³-hybridized carbons (Fsp3) is 0.761. The van der Waals surface area contributed by atoms with Gasteiger partial charge in [-0.1, -0.05) is 60.1 Å². The molecule has 5 spiro atoms. The number of fused-ring (bicyclic) bond motifs is 3. The van der Waals surface area contributed by atoms with Gasteiger partial charge >= 0.3 is 11.9 Å². The lowest BCUT2D eigenvalue weighted by Gasteiger charge is -2.39. The molecule has 1 aromatic carbocycles. The maximum atomic E-state index is 15.0. The van der Waals surface area contributed by atoms with Gasteiger partial charge in [-0.25, -0.2) is 4.79 Å². The van der Waals surface area contributed by atoms with Gasteiger partial charge in [-0.3, -0.25) is 24.5 Å². The second-order valence-corrected chi connectivity index (χ2v) is 20.1. The molecule has 5 unspecified atom stereocenters. The molecular formula is C46H66N4O9. The van der Waals surface area contributed by atoms with Gasteiger partial charge in [0.2, 0.25) is 11.8 Å². The summed E-state index contributed by atoms with van der Waals surface area (Å²) in [7, 11) is 3.25. The van der Waals surface area contributed by atoms with Crippen molar-refractivity contribution in [2.45, 2.75) is 166 Å². The summed E-state index contributed by atoms with van der Waals surface area (Å²) in [5, 5.41) is 19.1. The Kier molecular flexibility index (Phi) is 10.5. The molecule has 8 rings (SSSR count). The minimum Gasteiger partial charge on any atom is -0.497 e. The van der Waals surface area contributed by atoms with Crippen LogP contribution in [0.4, 0.5) is 0 Å². The number of aliphatic hydroxyl groups is 1. The topological polar surface area (TPSA) is 164 Å². The summed E-state index contributed by atoms with van der Waals surface area (Å²) >= 11 is 0. The quantitative estimate of drug-likeness (QED) is 0.339. The zero-order valence-electron chi connectivity index (χ0n) is 36.3. The third-order valence-electron chi connectivity index (χ3n) is 16.0. The van der Waals surface area contributed by atoms with Crippen molar-refractivity contribution in [2.24, 2.45) is 34.5 Å². The maximum absolute atomic E-state index is 15.0. The van der Waals surface area contributed by atoms with E-state index in [4.69, 9.17) is 14.2 Å². The number of esters is 2. The first-order chi connectivity index (χ1) is 28.0. The molecule has 0 radical (unpaired) electrons. The van der Waals surface area contributed by atoms with E-state index in [1.54, 1.807) is 19.1 Å². The summed E-state index contributed by atoms with van der Waals surface area (Å²) in [6.45, 7) is 12.2. The molecular weight excluding hydrogens is 753 g/mol. The lowest BCUT2D eigenvalue weighted by molar-refractivity contribution is -0.173. The van der Waals surface area contributed by atoms with Gasteiger partial charge in [-0.2, -0.15) is 0 Å². The molecule has 7 aliphatic rings. The zero-order chi connectivity index (χ0) is 42.4. The van der Waals surface area contributed by atoms with E-state index in [9.17, 15) is 24.3 Å². The molecule has 3 N–H and O–H groups in total. The number of ether oxygens (including phenoxy) is 3. The van der Waals surface area contributed by atoms with Crippen LogP contribution < -0.4 is 15.4 Å². The van der Waals surface area contributed by atoms with Crippen LogP contribution in [0.1, 0.15) is 130 Å². The van der Waals surface area contributed by atoms with Crippen LogP contribution in [0.15, 0.2) is 24.3 Å². The Balaban J connectivity index is 1.18. The Bertz CT molecular complexity index is 1850. The summed E-state index contributed by atoms with van der Waals surface area (Å²) in [5.74, 6) is -1.85. The number of nitrogens with zero attached hydrogens (tertiary/aromatic N) is 2. The summed E-state index contributed by atoms with van der Waals surface area (Å²) in [4.78, 5) is 75.6. The Hall–Kier alpha value is -3.71. The number of aliphatic hydroxyl groups excluding tert-OH is 1. The molecule has 9 atom stereocenters. The number of hydrogen-bond acceptors (Lipinski definition) is 10. The van der Waals surface area contributed by atoms with Crippen LogP contribution >= 0.6 is 0 Å². The summed E-state index contributed by atoms with van der Waals surface area (Å²) in [6.07, 6.45) is 4.66. The highest BCUT2D eigenvalue weighted by Crippen LogP contribution is 2.74. The molecule has 3 amide bonds. The minimum atomic E-state index is -1.32. The SMILES string of the molecule is CC[C@@H]1C(C)C12NC(O)C1(CC1)C1(CC1)OC(=O)C1(CC1c1ccc(OC)cc1)N(C)C(=O)[C@@H]1CCCN1C(=O)[C@H](CC(C)C)NC(=O)[C@H](C(C)C)OC(=O)CC21CC1. The van der Waals surface area contributed by atoms with Crippen LogP contribution in [-0.4, -0.2) is 106 Å². The number of benzene rings is 1. The Labute approximate surface area is 349 Å². The molecule has 59 heavy (non-hydrogen) atoms. The first-order valence-electron chi connectivity index (χ1n) is 22.4. The van der Waals surface area contributed by atoms with E-state index in [2.05, 4.69) is 24.5 Å². The van der Waals surface area contributed by atoms with Gasteiger partial charge in [0.25, 0.3) is 5.91 Å². The predicted molar refractivity (Wildman–Crippen MR) is 218 cm³/mol. The van der Waals surface area contributed by atoms with Gasteiger partial charge < -0.3 is 34.4 Å². The van der Waals surface area contributed by atoms with Crippen LogP contribution in [-0.2, 0) is 33.4 Å². The van der Waals surface area contributed by atoms with E-state index >= 15 is 4.79 Å². The normalized spacial score (nSPS) is 37.4. The number of cyclic esters (lactones) is 1. The molecule has 5 saturated carbocycles. The summed E-state index contributed by atoms with van der Waals surface area (Å²) in [5.41, 5.74) is -3.04. The van der Waals surface area contributed by atoms with Crippen LogP contribution in [0.5, 0.6) is 5.75 Å². The first-order valence-corrected chi connectivity index (χ1v) is 22.4. The van der Waals surface area contributed by atoms with Gasteiger partial charge in [0.1, 0.15) is 35.2 Å². The van der Waals surface area contributed by atoms with Crippen molar-refractivity contribution in [3.63, 3.8) is 0 Å². The van der Waals surface area contributed by atoms with Crippen LogP contribution in [0.2, 0.25) is 0 Å².